The number of methoxy groups -OCH3 is 1. The van der Waals surface area contributed by atoms with Gasteiger partial charge in [-0.15, -0.1) is 11.3 Å². The first-order valence-corrected chi connectivity index (χ1v) is 8.24. The number of amides is 1. The monoisotopic (exact) mass is 310 g/mol. The van der Waals surface area contributed by atoms with Gasteiger partial charge in [-0.3, -0.25) is 4.79 Å². The van der Waals surface area contributed by atoms with Gasteiger partial charge in [0.25, 0.3) is 0 Å². The summed E-state index contributed by atoms with van der Waals surface area (Å²) < 4.78 is 4.66. The first-order valence-electron chi connectivity index (χ1n) is 7.36. The van der Waals surface area contributed by atoms with Gasteiger partial charge in [-0.2, -0.15) is 0 Å². The molecule has 1 saturated carbocycles. The van der Waals surface area contributed by atoms with Crippen molar-refractivity contribution in [1.82, 2.24) is 9.88 Å². The molecule has 1 amide bonds. The normalized spacial score (nSPS) is 15.4. The maximum atomic E-state index is 12.6. The Morgan fingerprint density at radius 1 is 1.43 bits per heavy atom. The number of carbonyl (C=O) groups is 2. The van der Waals surface area contributed by atoms with Gasteiger partial charge in [0.15, 0.2) is 5.69 Å². The molecule has 0 atom stereocenters. The molecule has 21 heavy (non-hydrogen) atoms. The molecule has 1 aromatic rings. The fraction of sp³-hybridized carbons (Fsp3) is 0.667. The molecule has 0 unspecified atom stereocenters. The second kappa shape index (κ2) is 7.02. The van der Waals surface area contributed by atoms with E-state index in [1.54, 1.807) is 5.38 Å². The van der Waals surface area contributed by atoms with Crippen LogP contribution in [0.25, 0.3) is 0 Å². The Bertz CT molecular complexity index is 507. The summed E-state index contributed by atoms with van der Waals surface area (Å²) in [7, 11) is 1.34. The molecule has 116 valence electrons. The van der Waals surface area contributed by atoms with E-state index in [0.717, 1.165) is 30.7 Å². The standard InChI is InChI=1S/C15H22N2O3S/c1-10(2)17(14(18)11-6-4-5-7-11)8-13-16-12(9-21-13)15(19)20-3/h9-11H,4-8H2,1-3H3. The Balaban J connectivity index is 2.07. The van der Waals surface area contributed by atoms with E-state index >= 15 is 0 Å². The fourth-order valence-electron chi connectivity index (χ4n) is 2.65. The van der Waals surface area contributed by atoms with Crippen molar-refractivity contribution in [2.75, 3.05) is 7.11 Å². The zero-order chi connectivity index (χ0) is 15.4. The number of ether oxygens (including phenoxy) is 1. The van der Waals surface area contributed by atoms with Gasteiger partial charge in [-0.05, 0) is 26.7 Å². The van der Waals surface area contributed by atoms with E-state index in [1.807, 2.05) is 18.7 Å². The highest BCUT2D eigenvalue weighted by molar-refractivity contribution is 7.09. The summed E-state index contributed by atoms with van der Waals surface area (Å²) in [6, 6.07) is 0.128. The highest BCUT2D eigenvalue weighted by atomic mass is 32.1. The molecular formula is C15H22N2O3S. The summed E-state index contributed by atoms with van der Waals surface area (Å²) in [5.74, 6) is -0.0551. The first kappa shape index (κ1) is 15.9. The maximum Gasteiger partial charge on any atom is 0.357 e. The lowest BCUT2D eigenvalue weighted by Crippen LogP contribution is -2.39. The van der Waals surface area contributed by atoms with Crippen molar-refractivity contribution < 1.29 is 14.3 Å². The lowest BCUT2D eigenvalue weighted by Gasteiger charge is -2.28. The molecule has 1 aliphatic carbocycles. The van der Waals surface area contributed by atoms with Gasteiger partial charge in [0, 0.05) is 17.3 Å². The quantitative estimate of drug-likeness (QED) is 0.785. The van der Waals surface area contributed by atoms with Crippen LogP contribution in [0.15, 0.2) is 5.38 Å². The van der Waals surface area contributed by atoms with Crippen molar-refractivity contribution in [2.24, 2.45) is 5.92 Å². The minimum absolute atomic E-state index is 0.128. The van der Waals surface area contributed by atoms with Gasteiger partial charge in [0.2, 0.25) is 5.91 Å². The Morgan fingerprint density at radius 2 is 2.10 bits per heavy atom. The number of thiazole rings is 1. The summed E-state index contributed by atoms with van der Waals surface area (Å²) in [4.78, 5) is 30.2. The van der Waals surface area contributed by atoms with Gasteiger partial charge >= 0.3 is 5.97 Å². The minimum atomic E-state index is -0.435. The van der Waals surface area contributed by atoms with Crippen molar-refractivity contribution in [3.05, 3.63) is 16.1 Å². The lowest BCUT2D eigenvalue weighted by atomic mass is 10.1. The molecule has 0 aromatic carbocycles. The number of rotatable bonds is 5. The van der Waals surface area contributed by atoms with Gasteiger partial charge in [0.05, 0.1) is 13.7 Å². The molecule has 1 aromatic heterocycles. The van der Waals surface area contributed by atoms with E-state index in [-0.39, 0.29) is 17.9 Å². The molecule has 1 heterocycles. The van der Waals surface area contributed by atoms with Crippen LogP contribution >= 0.6 is 11.3 Å². The van der Waals surface area contributed by atoms with Crippen LogP contribution in [0.4, 0.5) is 0 Å². The average Bonchev–Trinajstić information content (AvgIpc) is 3.14. The first-order chi connectivity index (χ1) is 10.0. The lowest BCUT2D eigenvalue weighted by molar-refractivity contribution is -0.137. The third-order valence-corrected chi connectivity index (χ3v) is 4.70. The number of nitrogens with zero attached hydrogens (tertiary/aromatic N) is 2. The SMILES string of the molecule is COC(=O)c1csc(CN(C(=O)C2CCCC2)C(C)C)n1. The number of carbonyl (C=O) groups excluding carboxylic acids is 2. The maximum absolute atomic E-state index is 12.6. The number of esters is 1. The van der Waals surface area contributed by atoms with Gasteiger partial charge in [-0.1, -0.05) is 12.8 Å². The van der Waals surface area contributed by atoms with Crippen LogP contribution in [0.2, 0.25) is 0 Å². The highest BCUT2D eigenvalue weighted by Gasteiger charge is 2.29. The Labute approximate surface area is 129 Å². The van der Waals surface area contributed by atoms with Crippen molar-refractivity contribution in [3.8, 4) is 0 Å². The van der Waals surface area contributed by atoms with Crippen LogP contribution in [-0.2, 0) is 16.1 Å². The Kier molecular flexibility index (Phi) is 5.33. The fourth-order valence-corrected chi connectivity index (χ4v) is 3.41. The molecule has 5 nitrogen and oxygen atoms in total. The molecule has 1 fully saturated rings. The zero-order valence-electron chi connectivity index (χ0n) is 12.8. The molecule has 0 bridgehead atoms. The predicted molar refractivity (Wildman–Crippen MR) is 81.1 cm³/mol. The summed E-state index contributed by atoms with van der Waals surface area (Å²) in [6.07, 6.45) is 4.28. The molecule has 0 radical (unpaired) electrons. The molecule has 0 N–H and O–H groups in total. The molecule has 2 rings (SSSR count). The molecule has 1 aliphatic rings. The Morgan fingerprint density at radius 3 is 2.67 bits per heavy atom. The number of hydrogen-bond donors (Lipinski definition) is 0. The van der Waals surface area contributed by atoms with Crippen LogP contribution in [0.1, 0.15) is 55.0 Å². The topological polar surface area (TPSA) is 59.5 Å². The van der Waals surface area contributed by atoms with Crippen LogP contribution in [0, 0.1) is 5.92 Å². The third kappa shape index (κ3) is 3.81. The second-order valence-corrected chi connectivity index (χ2v) is 6.60. The second-order valence-electron chi connectivity index (χ2n) is 5.66. The molecule has 6 heteroatoms. The highest BCUT2D eigenvalue weighted by Crippen LogP contribution is 2.28. The van der Waals surface area contributed by atoms with E-state index in [1.165, 1.54) is 18.4 Å². The van der Waals surface area contributed by atoms with E-state index in [2.05, 4.69) is 9.72 Å². The largest absolute Gasteiger partial charge is 0.464 e. The van der Waals surface area contributed by atoms with Crippen LogP contribution in [0.5, 0.6) is 0 Å². The van der Waals surface area contributed by atoms with Crippen molar-refractivity contribution in [3.63, 3.8) is 0 Å². The number of aromatic nitrogens is 1. The van der Waals surface area contributed by atoms with Crippen molar-refractivity contribution in [1.29, 1.82) is 0 Å². The van der Waals surface area contributed by atoms with Crippen LogP contribution < -0.4 is 0 Å². The van der Waals surface area contributed by atoms with Crippen LogP contribution in [0.3, 0.4) is 0 Å². The van der Waals surface area contributed by atoms with E-state index in [0.29, 0.717) is 12.2 Å². The van der Waals surface area contributed by atoms with Crippen molar-refractivity contribution >= 4 is 23.2 Å². The van der Waals surface area contributed by atoms with Gasteiger partial charge in [-0.25, -0.2) is 9.78 Å². The molecular weight excluding hydrogens is 288 g/mol. The predicted octanol–water partition coefficient (Wildman–Crippen LogP) is 2.86. The Hall–Kier alpha value is -1.43. The molecule has 0 spiro atoms. The van der Waals surface area contributed by atoms with E-state index < -0.39 is 5.97 Å². The van der Waals surface area contributed by atoms with Crippen LogP contribution in [-0.4, -0.2) is 34.9 Å². The smallest absolute Gasteiger partial charge is 0.357 e. The van der Waals surface area contributed by atoms with Gasteiger partial charge in [0.1, 0.15) is 5.01 Å². The molecule has 0 saturated heterocycles. The third-order valence-electron chi connectivity index (χ3n) is 3.86. The van der Waals surface area contributed by atoms with Gasteiger partial charge < -0.3 is 9.64 Å². The van der Waals surface area contributed by atoms with E-state index in [4.69, 9.17) is 0 Å². The molecule has 0 aliphatic heterocycles. The summed E-state index contributed by atoms with van der Waals surface area (Å²) >= 11 is 1.39. The summed E-state index contributed by atoms with van der Waals surface area (Å²) in [5, 5.41) is 2.45. The minimum Gasteiger partial charge on any atom is -0.464 e. The van der Waals surface area contributed by atoms with E-state index in [9.17, 15) is 9.59 Å². The summed E-state index contributed by atoms with van der Waals surface area (Å²) in [5.41, 5.74) is 0.314. The average molecular weight is 310 g/mol. The summed E-state index contributed by atoms with van der Waals surface area (Å²) in [6.45, 7) is 4.50. The zero-order valence-corrected chi connectivity index (χ0v) is 13.6. The number of hydrogen-bond acceptors (Lipinski definition) is 5. The van der Waals surface area contributed by atoms with Crippen molar-refractivity contribution in [2.45, 2.75) is 52.1 Å².